The Morgan fingerprint density at radius 2 is 1.75 bits per heavy atom. The summed E-state index contributed by atoms with van der Waals surface area (Å²) in [6, 6.07) is 11.1. The second-order valence-electron chi connectivity index (χ2n) is 8.08. The van der Waals surface area contributed by atoms with Crippen molar-refractivity contribution in [3.8, 4) is 5.75 Å². The van der Waals surface area contributed by atoms with Crippen LogP contribution < -0.4 is 10.1 Å². The fourth-order valence-electron chi connectivity index (χ4n) is 3.97. The molecule has 170 valence electrons. The van der Waals surface area contributed by atoms with E-state index in [4.69, 9.17) is 9.47 Å². The molecule has 0 aliphatic heterocycles. The predicted octanol–water partition coefficient (Wildman–Crippen LogP) is 4.96. The molecule has 1 N–H and O–H groups in total. The molecule has 0 aliphatic rings. The van der Waals surface area contributed by atoms with Crippen LogP contribution in [0.2, 0.25) is 0 Å². The molecule has 0 fully saturated rings. The number of nitrogens with zero attached hydrogens (tertiary/aromatic N) is 1. The second-order valence-corrected chi connectivity index (χ2v) is 8.08. The molecule has 0 bridgehead atoms. The Hall–Kier alpha value is -3.28. The number of amides is 1. The van der Waals surface area contributed by atoms with Gasteiger partial charge in [-0.2, -0.15) is 0 Å². The van der Waals surface area contributed by atoms with Crippen LogP contribution in [-0.2, 0) is 11.3 Å². The molecule has 0 spiro atoms. The number of hydrogen-bond acceptors (Lipinski definition) is 4. The van der Waals surface area contributed by atoms with Crippen molar-refractivity contribution < 1.29 is 19.1 Å². The SMILES string of the molecule is CCC(CC)CNC(=O)c1ccc2c(C)cn(Cc3ccc(C(=O)OC)cc3OC)c2c1. The molecular weight excluding hydrogens is 404 g/mol. The summed E-state index contributed by atoms with van der Waals surface area (Å²) in [5.74, 6) is 0.658. The number of fused-ring (bicyclic) bond motifs is 1. The molecule has 3 rings (SSSR count). The van der Waals surface area contributed by atoms with Crippen LogP contribution in [0.4, 0.5) is 0 Å². The van der Waals surface area contributed by atoms with Crippen LogP contribution in [-0.4, -0.2) is 37.2 Å². The average Bonchev–Trinajstić information content (AvgIpc) is 3.13. The highest BCUT2D eigenvalue weighted by Gasteiger charge is 2.15. The third kappa shape index (κ3) is 4.96. The maximum atomic E-state index is 12.7. The summed E-state index contributed by atoms with van der Waals surface area (Å²) in [5, 5.41) is 4.17. The first-order valence-corrected chi connectivity index (χ1v) is 11.0. The topological polar surface area (TPSA) is 69.6 Å². The van der Waals surface area contributed by atoms with Gasteiger partial charge in [0.05, 0.1) is 26.3 Å². The summed E-state index contributed by atoms with van der Waals surface area (Å²) in [7, 11) is 2.94. The normalized spacial score (nSPS) is 11.1. The number of esters is 1. The lowest BCUT2D eigenvalue weighted by Crippen LogP contribution is -2.28. The van der Waals surface area contributed by atoms with Crippen molar-refractivity contribution in [3.05, 3.63) is 64.8 Å². The zero-order chi connectivity index (χ0) is 23.3. The van der Waals surface area contributed by atoms with Gasteiger partial charge < -0.3 is 19.4 Å². The molecule has 6 nitrogen and oxygen atoms in total. The van der Waals surface area contributed by atoms with E-state index in [1.54, 1.807) is 19.2 Å². The van der Waals surface area contributed by atoms with Crippen LogP contribution >= 0.6 is 0 Å². The fraction of sp³-hybridized carbons (Fsp3) is 0.385. The zero-order valence-electron chi connectivity index (χ0n) is 19.5. The third-order valence-corrected chi connectivity index (χ3v) is 6.10. The Kier molecular flexibility index (Phi) is 7.57. The van der Waals surface area contributed by atoms with Crippen molar-refractivity contribution in [2.45, 2.75) is 40.2 Å². The molecule has 32 heavy (non-hydrogen) atoms. The molecule has 0 atom stereocenters. The number of benzene rings is 2. The number of hydrogen-bond donors (Lipinski definition) is 1. The van der Waals surface area contributed by atoms with Crippen LogP contribution in [0.3, 0.4) is 0 Å². The maximum absolute atomic E-state index is 12.7. The van der Waals surface area contributed by atoms with Gasteiger partial charge in [0.15, 0.2) is 0 Å². The van der Waals surface area contributed by atoms with E-state index < -0.39 is 5.97 Å². The standard InChI is InChI=1S/C26H32N2O4/c1-6-18(7-2)14-27-25(29)19-10-11-22-17(3)15-28(23(22)12-19)16-21-9-8-20(26(30)32-5)13-24(21)31-4/h8-13,15,18H,6-7,14,16H2,1-5H3,(H,27,29). The van der Waals surface area contributed by atoms with E-state index in [1.807, 2.05) is 24.3 Å². The molecule has 0 saturated carbocycles. The van der Waals surface area contributed by atoms with Gasteiger partial charge in [-0.05, 0) is 42.7 Å². The van der Waals surface area contributed by atoms with Crippen molar-refractivity contribution in [1.82, 2.24) is 9.88 Å². The Labute approximate surface area is 189 Å². The number of aromatic nitrogens is 1. The van der Waals surface area contributed by atoms with Crippen molar-refractivity contribution in [1.29, 1.82) is 0 Å². The molecular formula is C26H32N2O4. The summed E-state index contributed by atoms with van der Waals surface area (Å²) in [6.45, 7) is 7.59. The monoisotopic (exact) mass is 436 g/mol. The van der Waals surface area contributed by atoms with Crippen LogP contribution in [0, 0.1) is 12.8 Å². The zero-order valence-corrected chi connectivity index (χ0v) is 19.5. The van der Waals surface area contributed by atoms with E-state index in [2.05, 4.69) is 36.9 Å². The Balaban J connectivity index is 1.90. The summed E-state index contributed by atoms with van der Waals surface area (Å²) in [5.41, 5.74) is 4.14. The third-order valence-electron chi connectivity index (χ3n) is 6.10. The Morgan fingerprint density at radius 1 is 1.03 bits per heavy atom. The van der Waals surface area contributed by atoms with Crippen LogP contribution in [0.5, 0.6) is 5.75 Å². The average molecular weight is 437 g/mol. The van der Waals surface area contributed by atoms with E-state index in [0.29, 0.717) is 35.9 Å². The van der Waals surface area contributed by atoms with Gasteiger partial charge in [0.1, 0.15) is 5.75 Å². The van der Waals surface area contributed by atoms with E-state index in [0.717, 1.165) is 34.9 Å². The van der Waals surface area contributed by atoms with Gasteiger partial charge in [-0.1, -0.05) is 38.8 Å². The molecule has 2 aromatic carbocycles. The largest absolute Gasteiger partial charge is 0.496 e. The highest BCUT2D eigenvalue weighted by atomic mass is 16.5. The van der Waals surface area contributed by atoms with Crippen LogP contribution in [0.1, 0.15) is 58.5 Å². The number of carbonyl (C=O) groups excluding carboxylic acids is 2. The summed E-state index contributed by atoms with van der Waals surface area (Å²) in [4.78, 5) is 24.6. The van der Waals surface area contributed by atoms with Gasteiger partial charge in [0, 0.05) is 34.8 Å². The Morgan fingerprint density at radius 3 is 2.41 bits per heavy atom. The molecule has 3 aromatic rings. The fourth-order valence-corrected chi connectivity index (χ4v) is 3.97. The van der Waals surface area contributed by atoms with E-state index in [9.17, 15) is 9.59 Å². The number of aryl methyl sites for hydroxylation is 1. The lowest BCUT2D eigenvalue weighted by atomic mass is 10.0. The lowest BCUT2D eigenvalue weighted by molar-refractivity contribution is 0.0600. The minimum Gasteiger partial charge on any atom is -0.496 e. The van der Waals surface area contributed by atoms with Crippen LogP contribution in [0.25, 0.3) is 10.9 Å². The van der Waals surface area contributed by atoms with Crippen LogP contribution in [0.15, 0.2) is 42.6 Å². The number of methoxy groups -OCH3 is 2. The number of rotatable bonds is 9. The molecule has 6 heteroatoms. The van der Waals surface area contributed by atoms with E-state index >= 15 is 0 Å². The second kappa shape index (κ2) is 10.4. The number of nitrogens with one attached hydrogen (secondary N) is 1. The smallest absolute Gasteiger partial charge is 0.337 e. The summed E-state index contributed by atoms with van der Waals surface area (Å²) < 4.78 is 12.4. The van der Waals surface area contributed by atoms with E-state index in [1.165, 1.54) is 7.11 Å². The van der Waals surface area contributed by atoms with Gasteiger partial charge >= 0.3 is 5.97 Å². The van der Waals surface area contributed by atoms with Crippen molar-refractivity contribution in [2.75, 3.05) is 20.8 Å². The first-order valence-electron chi connectivity index (χ1n) is 11.0. The number of carbonyl (C=O) groups is 2. The molecule has 1 amide bonds. The summed E-state index contributed by atoms with van der Waals surface area (Å²) in [6.07, 6.45) is 4.17. The van der Waals surface area contributed by atoms with Gasteiger partial charge in [-0.25, -0.2) is 4.79 Å². The van der Waals surface area contributed by atoms with Crippen molar-refractivity contribution in [2.24, 2.45) is 5.92 Å². The van der Waals surface area contributed by atoms with Gasteiger partial charge in [-0.15, -0.1) is 0 Å². The van der Waals surface area contributed by atoms with E-state index in [-0.39, 0.29) is 5.91 Å². The molecule has 1 heterocycles. The predicted molar refractivity (Wildman–Crippen MR) is 127 cm³/mol. The minimum atomic E-state index is -0.402. The molecule has 0 aliphatic carbocycles. The maximum Gasteiger partial charge on any atom is 0.337 e. The lowest BCUT2D eigenvalue weighted by Gasteiger charge is -2.14. The highest BCUT2D eigenvalue weighted by molar-refractivity contribution is 5.98. The van der Waals surface area contributed by atoms with Gasteiger partial charge in [-0.3, -0.25) is 4.79 Å². The highest BCUT2D eigenvalue weighted by Crippen LogP contribution is 2.27. The number of ether oxygens (including phenoxy) is 2. The van der Waals surface area contributed by atoms with Crippen molar-refractivity contribution >= 4 is 22.8 Å². The van der Waals surface area contributed by atoms with Crippen molar-refractivity contribution in [3.63, 3.8) is 0 Å². The first-order chi connectivity index (χ1) is 15.4. The first kappa shape index (κ1) is 23.4. The molecule has 0 unspecified atom stereocenters. The molecule has 0 saturated heterocycles. The molecule has 1 aromatic heterocycles. The van der Waals surface area contributed by atoms with Gasteiger partial charge in [0.2, 0.25) is 0 Å². The van der Waals surface area contributed by atoms with Gasteiger partial charge in [0.25, 0.3) is 5.91 Å². The molecule has 0 radical (unpaired) electrons. The minimum absolute atomic E-state index is 0.0517. The quantitative estimate of drug-likeness (QED) is 0.482. The summed E-state index contributed by atoms with van der Waals surface area (Å²) >= 11 is 0. The Bertz CT molecular complexity index is 1110.